The van der Waals surface area contributed by atoms with Crippen LogP contribution in [0.1, 0.15) is 16.1 Å². The fraction of sp³-hybridized carbons (Fsp3) is 0.250. The highest BCUT2D eigenvalue weighted by Crippen LogP contribution is 2.23. The van der Waals surface area contributed by atoms with Crippen LogP contribution in [0.2, 0.25) is 0 Å². The second kappa shape index (κ2) is 5.48. The summed E-state index contributed by atoms with van der Waals surface area (Å²) < 4.78 is 29.7. The van der Waals surface area contributed by atoms with Gasteiger partial charge in [0.05, 0.1) is 28.9 Å². The molecule has 0 saturated carbocycles. The van der Waals surface area contributed by atoms with Gasteiger partial charge in [-0.05, 0) is 30.3 Å². The smallest absolute Gasteiger partial charge is 0.254 e. The van der Waals surface area contributed by atoms with E-state index >= 15 is 0 Å². The number of carbonyl (C=O) groups is 1. The van der Waals surface area contributed by atoms with Crippen molar-refractivity contribution in [2.75, 3.05) is 13.1 Å². The lowest BCUT2D eigenvalue weighted by molar-refractivity contribution is 0.0659. The summed E-state index contributed by atoms with van der Waals surface area (Å²) in [5, 5.41) is -0.539. The number of fused-ring (bicyclic) bond motifs is 1. The van der Waals surface area contributed by atoms with Crippen molar-refractivity contribution >= 4 is 26.8 Å². The predicted octanol–water partition coefficient (Wildman–Crippen LogP) is 1.60. The van der Waals surface area contributed by atoms with E-state index in [9.17, 15) is 13.2 Å². The van der Waals surface area contributed by atoms with E-state index in [2.05, 4.69) is 9.97 Å². The highest BCUT2D eigenvalue weighted by Gasteiger charge is 2.40. The van der Waals surface area contributed by atoms with Gasteiger partial charge in [-0.1, -0.05) is 0 Å². The number of hydrogen-bond donors (Lipinski definition) is 1. The number of benzene rings is 1. The number of H-pyrrole nitrogens is 1. The second-order valence-corrected chi connectivity index (χ2v) is 8.13. The number of aromatic nitrogens is 2. The molecule has 0 aliphatic carbocycles. The first-order valence-corrected chi connectivity index (χ1v) is 9.21. The van der Waals surface area contributed by atoms with E-state index in [-0.39, 0.29) is 24.7 Å². The Morgan fingerprint density at radius 2 is 2.17 bits per heavy atom. The molecule has 7 nitrogen and oxygen atoms in total. The van der Waals surface area contributed by atoms with Crippen molar-refractivity contribution in [3.05, 3.63) is 54.2 Å². The maximum atomic E-state index is 12.5. The van der Waals surface area contributed by atoms with Crippen LogP contribution >= 0.6 is 0 Å². The minimum absolute atomic E-state index is 0.132. The highest BCUT2D eigenvalue weighted by atomic mass is 32.2. The average Bonchev–Trinajstić information content (AvgIpc) is 3.14. The van der Waals surface area contributed by atoms with Gasteiger partial charge in [0.25, 0.3) is 5.91 Å². The van der Waals surface area contributed by atoms with Crippen LogP contribution in [-0.2, 0) is 15.6 Å². The third-order valence-corrected chi connectivity index (χ3v) is 6.23. The number of furan rings is 1. The van der Waals surface area contributed by atoms with Gasteiger partial charge in [0, 0.05) is 18.7 Å². The maximum Gasteiger partial charge on any atom is 0.254 e. The van der Waals surface area contributed by atoms with Crippen molar-refractivity contribution in [1.29, 1.82) is 0 Å². The summed E-state index contributed by atoms with van der Waals surface area (Å²) in [6.07, 6.45) is 3.02. The van der Waals surface area contributed by atoms with Crippen molar-refractivity contribution < 1.29 is 17.6 Å². The summed E-state index contributed by atoms with van der Waals surface area (Å²) in [5.74, 6) is 0.118. The summed E-state index contributed by atoms with van der Waals surface area (Å²) in [5.41, 5.74) is 2.09. The third kappa shape index (κ3) is 2.58. The first kappa shape index (κ1) is 14.9. The molecule has 3 aromatic rings. The molecular weight excluding hydrogens is 330 g/mol. The number of sulfone groups is 1. The zero-order valence-electron chi connectivity index (χ0n) is 12.7. The number of hydrogen-bond acceptors (Lipinski definition) is 5. The lowest BCUT2D eigenvalue weighted by atomic mass is 10.1. The molecule has 0 radical (unpaired) electrons. The zero-order chi connectivity index (χ0) is 16.7. The number of carbonyl (C=O) groups excluding carboxylic acids is 1. The van der Waals surface area contributed by atoms with E-state index in [1.807, 2.05) is 0 Å². The third-order valence-electron chi connectivity index (χ3n) is 4.23. The molecule has 0 spiro atoms. The molecule has 1 aliphatic rings. The molecule has 24 heavy (non-hydrogen) atoms. The van der Waals surface area contributed by atoms with Crippen molar-refractivity contribution in [2.45, 2.75) is 11.0 Å². The fourth-order valence-electron chi connectivity index (χ4n) is 2.79. The van der Waals surface area contributed by atoms with Crippen LogP contribution < -0.4 is 0 Å². The summed E-state index contributed by atoms with van der Waals surface area (Å²) in [6.45, 7) is 0.422. The molecule has 8 heteroatoms. The largest absolute Gasteiger partial charge is 0.468 e. The van der Waals surface area contributed by atoms with Crippen LogP contribution in [0.15, 0.2) is 47.3 Å². The molecule has 0 atom stereocenters. The quantitative estimate of drug-likeness (QED) is 0.775. The van der Waals surface area contributed by atoms with Crippen LogP contribution in [-0.4, -0.2) is 47.5 Å². The number of imidazole rings is 1. The summed E-state index contributed by atoms with van der Waals surface area (Å²) in [4.78, 5) is 21.1. The Morgan fingerprint density at radius 3 is 2.92 bits per heavy atom. The van der Waals surface area contributed by atoms with Crippen molar-refractivity contribution in [3.8, 4) is 0 Å². The van der Waals surface area contributed by atoms with Crippen LogP contribution in [0.5, 0.6) is 0 Å². The number of aromatic amines is 1. The summed E-state index contributed by atoms with van der Waals surface area (Å²) >= 11 is 0. The van der Waals surface area contributed by atoms with Gasteiger partial charge in [-0.3, -0.25) is 4.79 Å². The predicted molar refractivity (Wildman–Crippen MR) is 87.1 cm³/mol. The van der Waals surface area contributed by atoms with Gasteiger partial charge < -0.3 is 14.3 Å². The molecule has 1 N–H and O–H groups in total. The number of amides is 1. The van der Waals surface area contributed by atoms with E-state index in [4.69, 9.17) is 4.42 Å². The summed E-state index contributed by atoms with van der Waals surface area (Å²) in [6, 6.07) is 8.50. The Kier molecular flexibility index (Phi) is 3.42. The first-order chi connectivity index (χ1) is 11.5. The summed E-state index contributed by atoms with van der Waals surface area (Å²) in [7, 11) is -3.32. The van der Waals surface area contributed by atoms with Crippen molar-refractivity contribution in [1.82, 2.24) is 14.9 Å². The molecule has 3 heterocycles. The van der Waals surface area contributed by atoms with Crippen molar-refractivity contribution in [3.63, 3.8) is 0 Å². The van der Waals surface area contributed by atoms with Crippen LogP contribution in [0, 0.1) is 0 Å². The Labute approximate surface area is 138 Å². The minimum Gasteiger partial charge on any atom is -0.468 e. The molecule has 0 bridgehead atoms. The normalized spacial score (nSPS) is 15.6. The lowest BCUT2D eigenvalue weighted by Gasteiger charge is -2.38. The Balaban J connectivity index is 1.43. The molecule has 1 aromatic carbocycles. The molecule has 0 unspecified atom stereocenters. The van der Waals surface area contributed by atoms with Gasteiger partial charge >= 0.3 is 0 Å². The number of nitrogens with zero attached hydrogens (tertiary/aromatic N) is 2. The van der Waals surface area contributed by atoms with Crippen molar-refractivity contribution in [2.24, 2.45) is 0 Å². The SMILES string of the molecule is O=C(c1ccc2nc[nH]c2c1)N1CC(S(=O)(=O)Cc2ccco2)C1. The molecule has 1 aliphatic heterocycles. The highest BCUT2D eigenvalue weighted by molar-refractivity contribution is 7.91. The van der Waals surface area contributed by atoms with E-state index in [0.717, 1.165) is 11.0 Å². The van der Waals surface area contributed by atoms with E-state index in [1.54, 1.807) is 41.6 Å². The number of rotatable bonds is 4. The topological polar surface area (TPSA) is 96.3 Å². The monoisotopic (exact) mass is 345 g/mol. The first-order valence-electron chi connectivity index (χ1n) is 7.49. The van der Waals surface area contributed by atoms with Crippen LogP contribution in [0.4, 0.5) is 0 Å². The second-order valence-electron chi connectivity index (χ2n) is 5.85. The molecular formula is C16H15N3O4S. The van der Waals surface area contributed by atoms with Gasteiger partial charge in [-0.15, -0.1) is 0 Å². The van der Waals surface area contributed by atoms with E-state index < -0.39 is 15.1 Å². The van der Waals surface area contributed by atoms with Gasteiger partial charge in [0.1, 0.15) is 11.5 Å². The fourth-order valence-corrected chi connectivity index (χ4v) is 4.40. The molecule has 124 valence electrons. The molecule has 4 rings (SSSR count). The molecule has 1 amide bonds. The van der Waals surface area contributed by atoms with Gasteiger partial charge in [0.2, 0.25) is 0 Å². The Morgan fingerprint density at radius 1 is 1.33 bits per heavy atom. The molecule has 1 fully saturated rings. The number of nitrogens with one attached hydrogen (secondary N) is 1. The van der Waals surface area contributed by atoms with Gasteiger partial charge in [-0.2, -0.15) is 0 Å². The number of likely N-dealkylation sites (tertiary alicyclic amines) is 1. The van der Waals surface area contributed by atoms with Crippen LogP contribution in [0.25, 0.3) is 11.0 Å². The maximum absolute atomic E-state index is 12.5. The van der Waals surface area contributed by atoms with Crippen LogP contribution in [0.3, 0.4) is 0 Å². The molecule has 2 aromatic heterocycles. The average molecular weight is 345 g/mol. The Bertz CT molecular complexity index is 985. The Hall–Kier alpha value is -2.61. The van der Waals surface area contributed by atoms with Gasteiger partial charge in [-0.25, -0.2) is 13.4 Å². The van der Waals surface area contributed by atoms with E-state index in [0.29, 0.717) is 11.3 Å². The zero-order valence-corrected chi connectivity index (χ0v) is 13.5. The lowest BCUT2D eigenvalue weighted by Crippen LogP contribution is -2.57. The standard InChI is InChI=1S/C16H15N3O4S/c20-16(11-3-4-14-15(6-11)18-10-17-14)19-7-13(8-19)24(21,22)9-12-2-1-5-23-12/h1-6,10,13H,7-9H2,(H,17,18). The van der Waals surface area contributed by atoms with E-state index in [1.165, 1.54) is 6.26 Å². The minimum atomic E-state index is -3.32. The molecule has 1 saturated heterocycles. The van der Waals surface area contributed by atoms with Gasteiger partial charge in [0.15, 0.2) is 9.84 Å².